The smallest absolute Gasteiger partial charge is 0.101 e. The second-order valence-corrected chi connectivity index (χ2v) is 4.65. The molecule has 0 aliphatic rings. The first-order valence-corrected chi connectivity index (χ1v) is 6.66. The summed E-state index contributed by atoms with van der Waals surface area (Å²) in [6.45, 7) is 0. The predicted octanol–water partition coefficient (Wildman–Crippen LogP) is 3.61. The van der Waals surface area contributed by atoms with E-state index in [4.69, 9.17) is 11.0 Å². The number of nitrogens with one attached hydrogen (secondary N) is 1. The van der Waals surface area contributed by atoms with Gasteiger partial charge in [-0.2, -0.15) is 5.26 Å². The summed E-state index contributed by atoms with van der Waals surface area (Å²) >= 11 is 1.70. The van der Waals surface area contributed by atoms with Gasteiger partial charge in [-0.25, -0.2) is 0 Å². The molecule has 0 saturated carbocycles. The van der Waals surface area contributed by atoms with E-state index >= 15 is 0 Å². The van der Waals surface area contributed by atoms with Crippen LogP contribution in [0.25, 0.3) is 0 Å². The van der Waals surface area contributed by atoms with Gasteiger partial charge in [0.25, 0.3) is 0 Å². The zero-order valence-electron chi connectivity index (χ0n) is 9.97. The molecule has 0 unspecified atom stereocenters. The van der Waals surface area contributed by atoms with Crippen molar-refractivity contribution < 1.29 is 0 Å². The highest BCUT2D eigenvalue weighted by molar-refractivity contribution is 7.98. The lowest BCUT2D eigenvalue weighted by Gasteiger charge is -2.09. The molecule has 0 radical (unpaired) electrons. The normalized spacial score (nSPS) is 9.78. The molecule has 2 aromatic rings. The van der Waals surface area contributed by atoms with Crippen molar-refractivity contribution in [2.75, 3.05) is 17.3 Å². The number of nitrogens with zero attached hydrogens (tertiary/aromatic N) is 1. The number of thioether (sulfide) groups is 1. The van der Waals surface area contributed by atoms with Crippen LogP contribution in [0.15, 0.2) is 47.4 Å². The van der Waals surface area contributed by atoms with Crippen LogP contribution in [0.5, 0.6) is 0 Å². The van der Waals surface area contributed by atoms with Gasteiger partial charge >= 0.3 is 0 Å². The van der Waals surface area contributed by atoms with Crippen molar-refractivity contribution in [3.8, 4) is 6.07 Å². The molecule has 0 bridgehead atoms. The minimum Gasteiger partial charge on any atom is -0.399 e. The van der Waals surface area contributed by atoms with Gasteiger partial charge < -0.3 is 11.1 Å². The largest absolute Gasteiger partial charge is 0.399 e. The van der Waals surface area contributed by atoms with Crippen molar-refractivity contribution in [3.63, 3.8) is 0 Å². The predicted molar refractivity (Wildman–Crippen MR) is 77.1 cm³/mol. The van der Waals surface area contributed by atoms with Crippen molar-refractivity contribution in [1.29, 1.82) is 5.26 Å². The number of anilines is 3. The molecule has 3 N–H and O–H groups in total. The third-order valence-corrected chi connectivity index (χ3v) is 3.28. The number of nitriles is 1. The Hall–Kier alpha value is -2.12. The molecule has 0 heterocycles. The fourth-order valence-electron chi connectivity index (χ4n) is 1.59. The molecule has 3 nitrogen and oxygen atoms in total. The minimum atomic E-state index is 0.545. The zero-order valence-corrected chi connectivity index (χ0v) is 10.8. The molecule has 18 heavy (non-hydrogen) atoms. The van der Waals surface area contributed by atoms with Crippen LogP contribution in [0, 0.1) is 11.3 Å². The van der Waals surface area contributed by atoms with Crippen LogP contribution in [-0.4, -0.2) is 6.26 Å². The van der Waals surface area contributed by atoms with Crippen LogP contribution >= 0.6 is 11.8 Å². The molecule has 0 saturated heterocycles. The Kier molecular flexibility index (Phi) is 3.75. The molecule has 0 fully saturated rings. The number of benzene rings is 2. The zero-order chi connectivity index (χ0) is 13.0. The van der Waals surface area contributed by atoms with Gasteiger partial charge in [-0.05, 0) is 48.7 Å². The van der Waals surface area contributed by atoms with E-state index in [0.717, 1.165) is 11.4 Å². The molecule has 0 aromatic heterocycles. The molecule has 2 aromatic carbocycles. The van der Waals surface area contributed by atoms with Gasteiger partial charge in [-0.1, -0.05) is 0 Å². The Morgan fingerprint density at radius 2 is 1.89 bits per heavy atom. The van der Waals surface area contributed by atoms with Gasteiger partial charge in [-0.3, -0.25) is 0 Å². The van der Waals surface area contributed by atoms with Gasteiger partial charge in [0.1, 0.15) is 6.07 Å². The van der Waals surface area contributed by atoms with E-state index in [2.05, 4.69) is 11.4 Å². The maximum absolute atomic E-state index is 9.05. The lowest BCUT2D eigenvalue weighted by molar-refractivity contribution is 1.43. The molecule has 90 valence electrons. The van der Waals surface area contributed by atoms with Gasteiger partial charge in [0, 0.05) is 16.3 Å². The first-order valence-electron chi connectivity index (χ1n) is 5.43. The van der Waals surface area contributed by atoms with Crippen molar-refractivity contribution in [3.05, 3.63) is 48.0 Å². The molecular formula is C14H13N3S. The average Bonchev–Trinajstić information content (AvgIpc) is 2.41. The van der Waals surface area contributed by atoms with E-state index in [1.165, 1.54) is 4.90 Å². The van der Waals surface area contributed by atoms with Gasteiger partial charge in [0.15, 0.2) is 0 Å². The molecule has 0 spiro atoms. The van der Waals surface area contributed by atoms with Crippen LogP contribution in [-0.2, 0) is 0 Å². The Labute approximate surface area is 111 Å². The third kappa shape index (κ3) is 2.76. The lowest BCUT2D eigenvalue weighted by Crippen LogP contribution is -1.95. The highest BCUT2D eigenvalue weighted by Crippen LogP contribution is 2.24. The van der Waals surface area contributed by atoms with E-state index in [-0.39, 0.29) is 0 Å². The molecule has 0 aliphatic carbocycles. The first-order chi connectivity index (χ1) is 8.72. The quantitative estimate of drug-likeness (QED) is 0.649. The van der Waals surface area contributed by atoms with Crippen molar-refractivity contribution in [1.82, 2.24) is 0 Å². The molecule has 4 heteroatoms. The van der Waals surface area contributed by atoms with Crippen LogP contribution in [0.2, 0.25) is 0 Å². The maximum Gasteiger partial charge on any atom is 0.101 e. The minimum absolute atomic E-state index is 0.545. The third-order valence-electron chi connectivity index (χ3n) is 2.53. The second-order valence-electron chi connectivity index (χ2n) is 3.77. The van der Waals surface area contributed by atoms with Crippen LogP contribution in [0.1, 0.15) is 5.56 Å². The summed E-state index contributed by atoms with van der Waals surface area (Å²) in [5.74, 6) is 0. The van der Waals surface area contributed by atoms with E-state index in [1.54, 1.807) is 23.9 Å². The van der Waals surface area contributed by atoms with E-state index in [1.807, 2.05) is 36.6 Å². The van der Waals surface area contributed by atoms with Gasteiger partial charge in [-0.15, -0.1) is 11.8 Å². The first kappa shape index (κ1) is 12.3. The summed E-state index contributed by atoms with van der Waals surface area (Å²) in [7, 11) is 0. The fourth-order valence-corrected chi connectivity index (χ4v) is 2.00. The van der Waals surface area contributed by atoms with E-state index in [9.17, 15) is 0 Å². The fraction of sp³-hybridized carbons (Fsp3) is 0.0714. The summed E-state index contributed by atoms with van der Waals surface area (Å²) in [5.41, 5.74) is 8.51. The maximum atomic E-state index is 9.05. The average molecular weight is 255 g/mol. The number of nitrogens with two attached hydrogens (primary N) is 1. The number of nitrogen functional groups attached to an aromatic ring is 1. The standard InChI is InChI=1S/C14H13N3S/c1-18-13-5-3-12(4-6-13)17-14-7-2-11(16)8-10(14)9-15/h2-8,17H,16H2,1H3. The summed E-state index contributed by atoms with van der Waals surface area (Å²) in [4.78, 5) is 1.21. The van der Waals surface area contributed by atoms with E-state index < -0.39 is 0 Å². The molecular weight excluding hydrogens is 242 g/mol. The SMILES string of the molecule is CSc1ccc(Nc2ccc(N)cc2C#N)cc1. The summed E-state index contributed by atoms with van der Waals surface area (Å²) in [5, 5.41) is 12.3. The Bertz CT molecular complexity index is 585. The Balaban J connectivity index is 2.25. The molecule has 0 atom stereocenters. The molecule has 0 amide bonds. The lowest BCUT2D eigenvalue weighted by atomic mass is 10.1. The number of rotatable bonds is 3. The number of hydrogen-bond donors (Lipinski definition) is 2. The van der Waals surface area contributed by atoms with Gasteiger partial charge in [0.05, 0.1) is 11.3 Å². The summed E-state index contributed by atoms with van der Waals surface area (Å²) in [6, 6.07) is 15.4. The topological polar surface area (TPSA) is 61.8 Å². The Morgan fingerprint density at radius 3 is 2.50 bits per heavy atom. The van der Waals surface area contributed by atoms with Crippen molar-refractivity contribution in [2.45, 2.75) is 4.90 Å². The highest BCUT2D eigenvalue weighted by Gasteiger charge is 2.02. The van der Waals surface area contributed by atoms with Gasteiger partial charge in [0.2, 0.25) is 0 Å². The second kappa shape index (κ2) is 5.48. The van der Waals surface area contributed by atoms with Crippen LogP contribution < -0.4 is 11.1 Å². The summed E-state index contributed by atoms with van der Waals surface area (Å²) < 4.78 is 0. The Morgan fingerprint density at radius 1 is 1.17 bits per heavy atom. The number of hydrogen-bond acceptors (Lipinski definition) is 4. The monoisotopic (exact) mass is 255 g/mol. The molecule has 0 aliphatic heterocycles. The van der Waals surface area contributed by atoms with Crippen molar-refractivity contribution >= 4 is 28.8 Å². The van der Waals surface area contributed by atoms with Crippen LogP contribution in [0.4, 0.5) is 17.1 Å². The summed E-state index contributed by atoms with van der Waals surface area (Å²) in [6.07, 6.45) is 2.04. The van der Waals surface area contributed by atoms with E-state index in [0.29, 0.717) is 11.3 Å². The highest BCUT2D eigenvalue weighted by atomic mass is 32.2. The molecule has 2 rings (SSSR count). The van der Waals surface area contributed by atoms with Crippen molar-refractivity contribution in [2.24, 2.45) is 0 Å². The van der Waals surface area contributed by atoms with Crippen LogP contribution in [0.3, 0.4) is 0 Å².